The van der Waals surface area contributed by atoms with Gasteiger partial charge in [-0.3, -0.25) is 15.2 Å². The molecule has 0 aliphatic carbocycles. The van der Waals surface area contributed by atoms with Crippen LogP contribution in [0.5, 0.6) is 0 Å². The molecule has 4 nitrogen and oxygen atoms in total. The molecule has 1 aromatic heterocycles. The number of hydrogen-bond acceptors (Lipinski definition) is 3. The molecule has 0 saturated carbocycles. The predicted octanol–water partition coefficient (Wildman–Crippen LogP) is 5.41. The highest BCUT2D eigenvalue weighted by Crippen LogP contribution is 2.25. The van der Waals surface area contributed by atoms with E-state index in [1.165, 1.54) is 5.56 Å². The van der Waals surface area contributed by atoms with Gasteiger partial charge in [0.15, 0.2) is 0 Å². The average molecular weight is 370 g/mol. The summed E-state index contributed by atoms with van der Waals surface area (Å²) in [5.41, 5.74) is 7.75. The lowest BCUT2D eigenvalue weighted by Gasteiger charge is -2.25. The van der Waals surface area contributed by atoms with Crippen molar-refractivity contribution in [1.29, 1.82) is 0 Å². The molecule has 0 unspecified atom stereocenters. The summed E-state index contributed by atoms with van der Waals surface area (Å²) in [6.45, 7) is 2.12. The molecule has 140 valence electrons. The highest BCUT2D eigenvalue weighted by molar-refractivity contribution is 5.89. The lowest BCUT2D eigenvalue weighted by Crippen LogP contribution is -2.39. The van der Waals surface area contributed by atoms with E-state index in [0.29, 0.717) is 0 Å². The number of carbonyl (C=O) groups excluding carboxylic acids is 1. The highest BCUT2D eigenvalue weighted by atomic mass is 16.3. The molecule has 4 heteroatoms. The predicted molar refractivity (Wildman–Crippen MR) is 112 cm³/mol. The lowest BCUT2D eigenvalue weighted by molar-refractivity contribution is -0.120. The molecule has 3 aromatic carbocycles. The molecular weight excluding hydrogens is 348 g/mol. The fourth-order valence-electron chi connectivity index (χ4n) is 3.26. The van der Waals surface area contributed by atoms with Crippen molar-refractivity contribution < 1.29 is 9.21 Å². The molecule has 1 amide bonds. The van der Waals surface area contributed by atoms with Crippen LogP contribution in [-0.4, -0.2) is 5.91 Å². The molecule has 0 atom stereocenters. The van der Waals surface area contributed by atoms with Crippen LogP contribution in [0.4, 0.5) is 11.4 Å². The summed E-state index contributed by atoms with van der Waals surface area (Å²) < 4.78 is 5.63. The number of anilines is 2. The first-order valence-electron chi connectivity index (χ1n) is 9.43. The normalized spacial score (nSPS) is 10.8. The van der Waals surface area contributed by atoms with Gasteiger partial charge in [-0.05, 0) is 48.4 Å². The zero-order chi connectivity index (χ0) is 19.3. The first-order valence-corrected chi connectivity index (χ1v) is 9.43. The molecule has 4 rings (SSSR count). The maximum Gasteiger partial charge on any atom is 0.243 e. The molecule has 0 aliphatic heterocycles. The second-order valence-corrected chi connectivity index (χ2v) is 6.66. The first kappa shape index (κ1) is 17.9. The maximum atomic E-state index is 12.9. The van der Waals surface area contributed by atoms with Crippen molar-refractivity contribution in [3.8, 4) is 0 Å². The van der Waals surface area contributed by atoms with Gasteiger partial charge in [0, 0.05) is 10.9 Å². The van der Waals surface area contributed by atoms with Crippen molar-refractivity contribution in [1.82, 2.24) is 5.43 Å². The van der Waals surface area contributed by atoms with Crippen LogP contribution in [0, 0.1) is 0 Å². The number of para-hydroxylation sites is 2. The Kier molecular flexibility index (Phi) is 5.11. The number of rotatable bonds is 6. The van der Waals surface area contributed by atoms with Gasteiger partial charge in [-0.2, -0.15) is 0 Å². The fourth-order valence-corrected chi connectivity index (χ4v) is 3.26. The first-order chi connectivity index (χ1) is 13.7. The molecule has 0 bridgehead atoms. The van der Waals surface area contributed by atoms with Crippen LogP contribution in [0.25, 0.3) is 11.0 Å². The summed E-state index contributed by atoms with van der Waals surface area (Å²) in [7, 11) is 0. The smallest absolute Gasteiger partial charge is 0.243 e. The third-order valence-corrected chi connectivity index (χ3v) is 4.74. The van der Waals surface area contributed by atoms with E-state index in [9.17, 15) is 4.79 Å². The Labute approximate surface area is 164 Å². The molecule has 1 heterocycles. The third kappa shape index (κ3) is 3.76. The monoisotopic (exact) mass is 370 g/mol. The second-order valence-electron chi connectivity index (χ2n) is 6.66. The van der Waals surface area contributed by atoms with Gasteiger partial charge < -0.3 is 4.42 Å². The van der Waals surface area contributed by atoms with E-state index in [1.54, 1.807) is 6.26 Å². The number of aryl methyl sites for hydroxylation is 1. The Morgan fingerprint density at radius 1 is 0.929 bits per heavy atom. The zero-order valence-electron chi connectivity index (χ0n) is 15.8. The molecule has 4 aromatic rings. The van der Waals surface area contributed by atoms with E-state index in [0.717, 1.165) is 34.3 Å². The molecule has 0 radical (unpaired) electrons. The van der Waals surface area contributed by atoms with Gasteiger partial charge in [0.1, 0.15) is 5.58 Å². The number of nitrogens with one attached hydrogen (secondary N) is 1. The van der Waals surface area contributed by atoms with Gasteiger partial charge in [-0.1, -0.05) is 49.4 Å². The van der Waals surface area contributed by atoms with Crippen molar-refractivity contribution in [2.75, 3.05) is 5.01 Å². The van der Waals surface area contributed by atoms with Crippen LogP contribution in [-0.2, 0) is 17.6 Å². The maximum absolute atomic E-state index is 12.9. The second kappa shape index (κ2) is 8.01. The summed E-state index contributed by atoms with van der Waals surface area (Å²) in [6, 6.07) is 25.7. The third-order valence-electron chi connectivity index (χ3n) is 4.74. The van der Waals surface area contributed by atoms with Crippen LogP contribution >= 0.6 is 0 Å². The number of hydrazine groups is 1. The van der Waals surface area contributed by atoms with E-state index in [2.05, 4.69) is 24.5 Å². The average Bonchev–Trinajstić information content (AvgIpc) is 3.15. The summed E-state index contributed by atoms with van der Waals surface area (Å²) in [6.07, 6.45) is 2.87. The minimum Gasteiger partial charge on any atom is -0.464 e. The molecule has 1 N–H and O–H groups in total. The minimum atomic E-state index is -0.0997. The van der Waals surface area contributed by atoms with Crippen molar-refractivity contribution >= 4 is 28.3 Å². The lowest BCUT2D eigenvalue weighted by atomic mass is 10.1. The molecule has 0 spiro atoms. The van der Waals surface area contributed by atoms with E-state index in [1.807, 2.05) is 71.7 Å². The number of benzene rings is 3. The summed E-state index contributed by atoms with van der Waals surface area (Å²) >= 11 is 0. The van der Waals surface area contributed by atoms with Crippen molar-refractivity contribution in [3.63, 3.8) is 0 Å². The molecule has 0 saturated heterocycles. The number of amides is 1. The van der Waals surface area contributed by atoms with E-state index in [4.69, 9.17) is 4.42 Å². The zero-order valence-corrected chi connectivity index (χ0v) is 15.8. The van der Waals surface area contributed by atoms with E-state index >= 15 is 0 Å². The standard InChI is InChI=1S/C24H22N2O2/c1-2-18-13-14-23-22(15-18)19(17-28-23)16-24(27)25-26(20-9-5-3-6-10-20)21-11-7-4-8-12-21/h3-15,17H,2,16H2,1H3,(H,25,27). The largest absolute Gasteiger partial charge is 0.464 e. The van der Waals surface area contributed by atoms with E-state index < -0.39 is 0 Å². The quantitative estimate of drug-likeness (QED) is 0.462. The summed E-state index contributed by atoms with van der Waals surface area (Å²) in [4.78, 5) is 12.9. The number of furan rings is 1. The molecule has 0 aliphatic rings. The Morgan fingerprint density at radius 2 is 1.57 bits per heavy atom. The summed E-state index contributed by atoms with van der Waals surface area (Å²) in [5, 5.41) is 2.81. The SMILES string of the molecule is CCc1ccc2occ(CC(=O)NN(c3ccccc3)c3ccccc3)c2c1. The van der Waals surface area contributed by atoms with Crippen molar-refractivity contribution in [2.45, 2.75) is 19.8 Å². The Balaban J connectivity index is 1.59. The van der Waals surface area contributed by atoms with Crippen molar-refractivity contribution in [3.05, 3.63) is 96.3 Å². The number of hydrogen-bond donors (Lipinski definition) is 1. The van der Waals surface area contributed by atoms with Crippen LogP contribution in [0.2, 0.25) is 0 Å². The Morgan fingerprint density at radius 3 is 2.18 bits per heavy atom. The molecule has 0 fully saturated rings. The van der Waals surface area contributed by atoms with Crippen LogP contribution in [0.15, 0.2) is 89.5 Å². The van der Waals surface area contributed by atoms with Gasteiger partial charge in [-0.15, -0.1) is 0 Å². The Bertz CT molecular complexity index is 1030. The summed E-state index contributed by atoms with van der Waals surface area (Å²) in [5.74, 6) is -0.0997. The Hall–Kier alpha value is -3.53. The van der Waals surface area contributed by atoms with Crippen LogP contribution in [0.1, 0.15) is 18.1 Å². The minimum absolute atomic E-state index is 0.0997. The number of carbonyl (C=O) groups is 1. The van der Waals surface area contributed by atoms with Gasteiger partial charge in [0.25, 0.3) is 0 Å². The van der Waals surface area contributed by atoms with Gasteiger partial charge in [0.05, 0.1) is 24.1 Å². The van der Waals surface area contributed by atoms with Gasteiger partial charge >= 0.3 is 0 Å². The van der Waals surface area contributed by atoms with Gasteiger partial charge in [-0.25, -0.2) is 0 Å². The highest BCUT2D eigenvalue weighted by Gasteiger charge is 2.15. The van der Waals surface area contributed by atoms with Gasteiger partial charge in [0.2, 0.25) is 5.91 Å². The molecular formula is C24H22N2O2. The van der Waals surface area contributed by atoms with Crippen molar-refractivity contribution in [2.24, 2.45) is 0 Å². The van der Waals surface area contributed by atoms with E-state index in [-0.39, 0.29) is 12.3 Å². The topological polar surface area (TPSA) is 45.5 Å². The van der Waals surface area contributed by atoms with Crippen LogP contribution < -0.4 is 10.4 Å². The molecule has 28 heavy (non-hydrogen) atoms. The fraction of sp³-hybridized carbons (Fsp3) is 0.125. The number of nitrogens with zero attached hydrogens (tertiary/aromatic N) is 1. The number of fused-ring (bicyclic) bond motifs is 1. The van der Waals surface area contributed by atoms with Crippen LogP contribution in [0.3, 0.4) is 0 Å².